The highest BCUT2D eigenvalue weighted by molar-refractivity contribution is 7.71. The first-order valence-corrected chi connectivity index (χ1v) is 9.09. The van der Waals surface area contributed by atoms with E-state index >= 15 is 0 Å². The molecule has 0 fully saturated rings. The minimum atomic E-state index is -0.0298. The minimum Gasteiger partial charge on any atom is -0.378 e. The van der Waals surface area contributed by atoms with Gasteiger partial charge in [0.2, 0.25) is 5.91 Å². The average molecular weight is 362 g/mol. The Kier molecular flexibility index (Phi) is 7.18. The topological polar surface area (TPSA) is 66.0 Å². The van der Waals surface area contributed by atoms with Crippen molar-refractivity contribution in [2.45, 2.75) is 39.2 Å². The number of benzene rings is 1. The van der Waals surface area contributed by atoms with Gasteiger partial charge in [0.05, 0.1) is 0 Å². The van der Waals surface area contributed by atoms with Crippen molar-refractivity contribution in [3.63, 3.8) is 0 Å². The molecule has 1 aromatic carbocycles. The summed E-state index contributed by atoms with van der Waals surface area (Å²) < 4.78 is 2.27. The first-order chi connectivity index (χ1) is 12.0. The van der Waals surface area contributed by atoms with E-state index in [1.807, 2.05) is 14.1 Å². The number of anilines is 1. The number of nitrogens with zero attached hydrogens (tertiary/aromatic N) is 3. The highest BCUT2D eigenvalue weighted by Crippen LogP contribution is 2.13. The van der Waals surface area contributed by atoms with Crippen molar-refractivity contribution < 1.29 is 4.79 Å². The number of hydrogen-bond donors (Lipinski definition) is 2. The van der Waals surface area contributed by atoms with Crippen LogP contribution in [0.5, 0.6) is 0 Å². The maximum Gasteiger partial charge on any atom is 0.240 e. The van der Waals surface area contributed by atoms with Crippen LogP contribution in [0.4, 0.5) is 5.69 Å². The van der Waals surface area contributed by atoms with Gasteiger partial charge in [0, 0.05) is 32.7 Å². The largest absolute Gasteiger partial charge is 0.378 e. The Bertz CT molecular complexity index is 733. The van der Waals surface area contributed by atoms with E-state index in [2.05, 4.69) is 51.6 Å². The van der Waals surface area contributed by atoms with Crippen LogP contribution < -0.4 is 10.2 Å². The Labute approximate surface area is 154 Å². The van der Waals surface area contributed by atoms with Gasteiger partial charge in [-0.25, -0.2) is 0 Å². The molecule has 0 spiro atoms. The van der Waals surface area contributed by atoms with Crippen LogP contribution in [0.1, 0.15) is 31.2 Å². The Morgan fingerprint density at radius 1 is 1.28 bits per heavy atom. The summed E-state index contributed by atoms with van der Waals surface area (Å²) in [7, 11) is 4.06. The molecule has 0 radical (unpaired) electrons. The molecule has 2 N–H and O–H groups in total. The lowest BCUT2D eigenvalue weighted by Crippen LogP contribution is -2.29. The monoisotopic (exact) mass is 361 g/mol. The number of amides is 1. The number of nitrogens with one attached hydrogen (secondary N) is 2. The first kappa shape index (κ1) is 19.2. The molecule has 0 aliphatic carbocycles. The molecule has 0 saturated heterocycles. The highest BCUT2D eigenvalue weighted by atomic mass is 32.1. The summed E-state index contributed by atoms with van der Waals surface area (Å²) in [5.74, 6) is 0.807. The van der Waals surface area contributed by atoms with Gasteiger partial charge in [-0.15, -0.1) is 0 Å². The normalized spacial score (nSPS) is 10.7. The Hall–Kier alpha value is -2.15. The van der Waals surface area contributed by atoms with Crippen LogP contribution in [0.15, 0.2) is 24.3 Å². The zero-order chi connectivity index (χ0) is 18.2. The van der Waals surface area contributed by atoms with E-state index in [0.717, 1.165) is 31.5 Å². The third-order valence-electron chi connectivity index (χ3n) is 4.03. The van der Waals surface area contributed by atoms with Gasteiger partial charge < -0.3 is 10.2 Å². The summed E-state index contributed by atoms with van der Waals surface area (Å²) in [6.07, 6.45) is 3.63. The molecular formula is C18H27N5OS. The summed E-state index contributed by atoms with van der Waals surface area (Å²) >= 11 is 5.19. The third-order valence-corrected chi connectivity index (χ3v) is 4.34. The van der Waals surface area contributed by atoms with E-state index in [4.69, 9.17) is 12.2 Å². The molecule has 6 nitrogen and oxygen atoms in total. The number of hydrogen-bond acceptors (Lipinski definition) is 4. The van der Waals surface area contributed by atoms with Gasteiger partial charge in [-0.2, -0.15) is 5.10 Å². The number of H-pyrrole nitrogens is 1. The smallest absolute Gasteiger partial charge is 0.240 e. The Balaban J connectivity index is 1.75. The standard InChI is InChI=1S/C18H27N5OS/c1-4-6-16-20-21-18(25)23(16)13-17(24)19-12-5-7-14-8-10-15(11-9-14)22(2)3/h8-11H,4-7,12-13H2,1-3H3,(H,19,24)(H,21,25). The molecule has 0 bridgehead atoms. The zero-order valence-electron chi connectivity index (χ0n) is 15.2. The molecule has 0 saturated carbocycles. The van der Waals surface area contributed by atoms with Crippen molar-refractivity contribution in [3.8, 4) is 0 Å². The van der Waals surface area contributed by atoms with Gasteiger partial charge in [-0.1, -0.05) is 19.1 Å². The molecule has 1 aromatic heterocycles. The number of aromatic amines is 1. The number of rotatable bonds is 9. The fourth-order valence-electron chi connectivity index (χ4n) is 2.61. The molecule has 136 valence electrons. The molecule has 2 rings (SSSR count). The third kappa shape index (κ3) is 5.70. The number of carbonyl (C=O) groups excluding carboxylic acids is 1. The molecular weight excluding hydrogens is 334 g/mol. The van der Waals surface area contributed by atoms with E-state index in [1.165, 1.54) is 11.3 Å². The molecule has 0 atom stereocenters. The van der Waals surface area contributed by atoms with E-state index in [-0.39, 0.29) is 12.5 Å². The summed E-state index contributed by atoms with van der Waals surface area (Å²) in [6.45, 7) is 2.96. The lowest BCUT2D eigenvalue weighted by atomic mass is 10.1. The fourth-order valence-corrected chi connectivity index (χ4v) is 2.82. The van der Waals surface area contributed by atoms with Crippen LogP contribution in [-0.4, -0.2) is 41.3 Å². The van der Waals surface area contributed by atoms with Gasteiger partial charge in [0.15, 0.2) is 4.77 Å². The van der Waals surface area contributed by atoms with Crippen LogP contribution in [0, 0.1) is 4.77 Å². The van der Waals surface area contributed by atoms with Gasteiger partial charge in [0.1, 0.15) is 12.4 Å². The van der Waals surface area contributed by atoms with E-state index < -0.39 is 0 Å². The number of carbonyl (C=O) groups is 1. The predicted molar refractivity (Wildman–Crippen MR) is 104 cm³/mol. The molecule has 7 heteroatoms. The van der Waals surface area contributed by atoms with Gasteiger partial charge in [0.25, 0.3) is 0 Å². The van der Waals surface area contributed by atoms with Gasteiger partial charge >= 0.3 is 0 Å². The van der Waals surface area contributed by atoms with E-state index in [9.17, 15) is 4.79 Å². The Morgan fingerprint density at radius 3 is 2.64 bits per heavy atom. The summed E-state index contributed by atoms with van der Waals surface area (Å²) in [6, 6.07) is 8.51. The van der Waals surface area contributed by atoms with Crippen molar-refractivity contribution in [3.05, 3.63) is 40.4 Å². The molecule has 0 unspecified atom stereocenters. The molecule has 1 amide bonds. The second-order valence-electron chi connectivity index (χ2n) is 6.30. The predicted octanol–water partition coefficient (Wildman–Crippen LogP) is 2.71. The summed E-state index contributed by atoms with van der Waals surface area (Å²) in [5, 5.41) is 9.90. The van der Waals surface area contributed by atoms with Crippen LogP contribution in [-0.2, 0) is 24.2 Å². The quantitative estimate of drug-likeness (QED) is 0.532. The van der Waals surface area contributed by atoms with Crippen molar-refractivity contribution in [2.24, 2.45) is 0 Å². The SMILES string of the molecule is CCCc1n[nH]c(=S)n1CC(=O)NCCCc1ccc(N(C)C)cc1. The maximum atomic E-state index is 12.1. The van der Waals surface area contributed by atoms with Crippen LogP contribution in [0.25, 0.3) is 0 Å². The first-order valence-electron chi connectivity index (χ1n) is 8.68. The van der Waals surface area contributed by atoms with Gasteiger partial charge in [-0.05, 0) is 49.2 Å². The maximum absolute atomic E-state index is 12.1. The molecule has 2 aromatic rings. The van der Waals surface area contributed by atoms with Crippen molar-refractivity contribution in [1.82, 2.24) is 20.1 Å². The second-order valence-corrected chi connectivity index (χ2v) is 6.68. The average Bonchev–Trinajstić information content (AvgIpc) is 2.93. The lowest BCUT2D eigenvalue weighted by molar-refractivity contribution is -0.121. The summed E-state index contributed by atoms with van der Waals surface area (Å²) in [5.41, 5.74) is 2.47. The van der Waals surface area contributed by atoms with E-state index in [0.29, 0.717) is 11.3 Å². The zero-order valence-corrected chi connectivity index (χ0v) is 16.0. The van der Waals surface area contributed by atoms with Crippen LogP contribution >= 0.6 is 12.2 Å². The number of aromatic nitrogens is 3. The van der Waals surface area contributed by atoms with E-state index in [1.54, 1.807) is 4.57 Å². The fraction of sp³-hybridized carbons (Fsp3) is 0.500. The van der Waals surface area contributed by atoms with Crippen molar-refractivity contribution in [2.75, 3.05) is 25.5 Å². The van der Waals surface area contributed by atoms with Gasteiger partial charge in [-0.3, -0.25) is 14.5 Å². The molecule has 0 aliphatic heterocycles. The number of aryl methyl sites for hydroxylation is 2. The highest BCUT2D eigenvalue weighted by Gasteiger charge is 2.09. The van der Waals surface area contributed by atoms with Crippen LogP contribution in [0.3, 0.4) is 0 Å². The minimum absolute atomic E-state index is 0.0298. The van der Waals surface area contributed by atoms with Crippen molar-refractivity contribution in [1.29, 1.82) is 0 Å². The molecule has 25 heavy (non-hydrogen) atoms. The second kappa shape index (κ2) is 9.36. The molecule has 1 heterocycles. The van der Waals surface area contributed by atoms with Crippen LogP contribution in [0.2, 0.25) is 0 Å². The lowest BCUT2D eigenvalue weighted by Gasteiger charge is -2.12. The van der Waals surface area contributed by atoms with Crippen molar-refractivity contribution >= 4 is 23.8 Å². The molecule has 0 aliphatic rings. The Morgan fingerprint density at radius 2 is 2.00 bits per heavy atom. The summed E-state index contributed by atoms with van der Waals surface area (Å²) in [4.78, 5) is 14.2.